The highest BCUT2D eigenvalue weighted by Crippen LogP contribution is 2.33. The Balaban J connectivity index is 1.81. The Labute approximate surface area is 207 Å². The summed E-state index contributed by atoms with van der Waals surface area (Å²) in [7, 11) is 3.60. The molecule has 1 amide bonds. The van der Waals surface area contributed by atoms with Crippen molar-refractivity contribution < 1.29 is 19.1 Å². The van der Waals surface area contributed by atoms with Crippen LogP contribution in [0.3, 0.4) is 0 Å². The van der Waals surface area contributed by atoms with Crippen molar-refractivity contribution in [3.05, 3.63) is 58.7 Å². The number of rotatable bonds is 8. The van der Waals surface area contributed by atoms with Crippen LogP contribution in [0.15, 0.2) is 36.4 Å². The van der Waals surface area contributed by atoms with E-state index in [2.05, 4.69) is 16.4 Å². The van der Waals surface area contributed by atoms with Gasteiger partial charge in [0.1, 0.15) is 11.1 Å². The summed E-state index contributed by atoms with van der Waals surface area (Å²) in [6, 6.07) is 12.2. The molecule has 35 heavy (non-hydrogen) atoms. The zero-order chi connectivity index (χ0) is 25.8. The Kier molecular flexibility index (Phi) is 8.14. The van der Waals surface area contributed by atoms with Gasteiger partial charge in [-0.15, -0.1) is 5.10 Å². The fourth-order valence-corrected chi connectivity index (χ4v) is 4.06. The van der Waals surface area contributed by atoms with Gasteiger partial charge in [-0.1, -0.05) is 35.5 Å². The number of hydrogen-bond acceptors (Lipinski definition) is 6. The molecule has 0 radical (unpaired) electrons. The molecule has 2 aromatic carbocycles. The number of ether oxygens (including phenoxy) is 2. The molecule has 8 heteroatoms. The molecular formula is C27H36N4O4. The largest absolute Gasteiger partial charge is 0.466 e. The molecule has 0 saturated carbocycles. The molecule has 0 saturated heterocycles. The third kappa shape index (κ3) is 6.59. The SMILES string of the molecule is CCOC(=O)CC(c1ccc(CCN(C)C(=O)OC(C)(C)C)cc1)c1ccc2c(nnn2C)c1C. The maximum atomic E-state index is 12.5. The number of fused-ring (bicyclic) bond motifs is 1. The van der Waals surface area contributed by atoms with Crippen molar-refractivity contribution in [3.8, 4) is 0 Å². The summed E-state index contributed by atoms with van der Waals surface area (Å²) in [5.74, 6) is -0.404. The van der Waals surface area contributed by atoms with Crippen LogP contribution in [0.1, 0.15) is 62.3 Å². The topological polar surface area (TPSA) is 86.6 Å². The van der Waals surface area contributed by atoms with E-state index in [1.807, 2.05) is 72.0 Å². The van der Waals surface area contributed by atoms with Crippen LogP contribution in [-0.2, 0) is 27.7 Å². The summed E-state index contributed by atoms with van der Waals surface area (Å²) >= 11 is 0. The number of aromatic nitrogens is 3. The number of amides is 1. The van der Waals surface area contributed by atoms with Crippen molar-refractivity contribution in [1.29, 1.82) is 0 Å². The number of carbonyl (C=O) groups excluding carboxylic acids is 2. The van der Waals surface area contributed by atoms with Crippen LogP contribution in [0.5, 0.6) is 0 Å². The minimum atomic E-state index is -0.520. The molecule has 188 valence electrons. The van der Waals surface area contributed by atoms with E-state index in [9.17, 15) is 9.59 Å². The van der Waals surface area contributed by atoms with Gasteiger partial charge in [0.05, 0.1) is 18.5 Å². The molecule has 0 spiro atoms. The molecule has 0 aliphatic heterocycles. The lowest BCUT2D eigenvalue weighted by atomic mass is 9.85. The number of nitrogens with zero attached hydrogens (tertiary/aromatic N) is 4. The summed E-state index contributed by atoms with van der Waals surface area (Å²) in [5, 5.41) is 8.45. The lowest BCUT2D eigenvalue weighted by molar-refractivity contribution is -0.143. The maximum absolute atomic E-state index is 12.5. The summed E-state index contributed by atoms with van der Waals surface area (Å²) in [6.45, 7) is 10.3. The highest BCUT2D eigenvalue weighted by atomic mass is 16.6. The number of hydrogen-bond donors (Lipinski definition) is 0. The van der Waals surface area contributed by atoms with Crippen LogP contribution in [0.25, 0.3) is 11.0 Å². The highest BCUT2D eigenvalue weighted by molar-refractivity contribution is 5.80. The maximum Gasteiger partial charge on any atom is 0.410 e. The van der Waals surface area contributed by atoms with Crippen molar-refractivity contribution >= 4 is 23.1 Å². The van der Waals surface area contributed by atoms with Crippen molar-refractivity contribution in [1.82, 2.24) is 19.9 Å². The van der Waals surface area contributed by atoms with E-state index < -0.39 is 5.60 Å². The lowest BCUT2D eigenvalue weighted by Crippen LogP contribution is -2.35. The molecule has 1 heterocycles. The second-order valence-electron chi connectivity index (χ2n) is 9.82. The van der Waals surface area contributed by atoms with Crippen LogP contribution in [0.4, 0.5) is 4.79 Å². The minimum Gasteiger partial charge on any atom is -0.466 e. The molecule has 0 bridgehead atoms. The Bertz CT molecular complexity index is 1180. The molecular weight excluding hydrogens is 444 g/mol. The molecule has 0 aliphatic carbocycles. The second-order valence-corrected chi connectivity index (χ2v) is 9.82. The molecule has 1 atom stereocenters. The van der Waals surface area contributed by atoms with Gasteiger partial charge >= 0.3 is 12.1 Å². The normalized spacial score (nSPS) is 12.4. The molecule has 8 nitrogen and oxygen atoms in total. The Morgan fingerprint density at radius 1 is 1.11 bits per heavy atom. The summed E-state index contributed by atoms with van der Waals surface area (Å²) < 4.78 is 12.4. The van der Waals surface area contributed by atoms with E-state index in [0.717, 1.165) is 33.3 Å². The summed E-state index contributed by atoms with van der Waals surface area (Å²) in [5.41, 5.74) is 5.42. The van der Waals surface area contributed by atoms with Gasteiger partial charge in [-0.2, -0.15) is 0 Å². The van der Waals surface area contributed by atoms with Crippen LogP contribution in [0.2, 0.25) is 0 Å². The zero-order valence-electron chi connectivity index (χ0n) is 21.8. The first kappa shape index (κ1) is 26.2. The van der Waals surface area contributed by atoms with Gasteiger partial charge in [-0.05, 0) is 69.4 Å². The quantitative estimate of drug-likeness (QED) is 0.432. The van der Waals surface area contributed by atoms with Crippen molar-refractivity contribution in [2.45, 2.75) is 59.0 Å². The Morgan fingerprint density at radius 3 is 2.43 bits per heavy atom. The van der Waals surface area contributed by atoms with Gasteiger partial charge in [0.15, 0.2) is 0 Å². The van der Waals surface area contributed by atoms with E-state index in [-0.39, 0.29) is 24.4 Å². The Hall–Kier alpha value is -3.42. The second kappa shape index (κ2) is 10.9. The van der Waals surface area contributed by atoms with Gasteiger partial charge in [0.25, 0.3) is 0 Å². The first-order valence-corrected chi connectivity index (χ1v) is 12.0. The number of likely N-dealkylation sites (N-methyl/N-ethyl adjacent to an activating group) is 1. The standard InChI is InChI=1S/C27H36N4O4/c1-8-34-24(32)17-22(21-13-14-23-25(18(21)2)28-29-31(23)7)20-11-9-19(10-12-20)15-16-30(6)26(33)35-27(3,4)5/h9-14,22H,8,15-17H2,1-7H3. The molecule has 3 aromatic rings. The van der Waals surface area contributed by atoms with Crippen molar-refractivity contribution in [2.75, 3.05) is 20.2 Å². The predicted octanol–water partition coefficient (Wildman–Crippen LogP) is 4.77. The predicted molar refractivity (Wildman–Crippen MR) is 135 cm³/mol. The fourth-order valence-electron chi connectivity index (χ4n) is 4.06. The van der Waals surface area contributed by atoms with E-state index in [1.165, 1.54) is 0 Å². The van der Waals surface area contributed by atoms with Crippen LogP contribution < -0.4 is 0 Å². The summed E-state index contributed by atoms with van der Waals surface area (Å²) in [4.78, 5) is 26.3. The van der Waals surface area contributed by atoms with Gasteiger partial charge in [-0.25, -0.2) is 9.48 Å². The fraction of sp³-hybridized carbons (Fsp3) is 0.481. The van der Waals surface area contributed by atoms with Crippen LogP contribution in [-0.4, -0.2) is 57.8 Å². The van der Waals surface area contributed by atoms with E-state index in [0.29, 0.717) is 19.6 Å². The highest BCUT2D eigenvalue weighted by Gasteiger charge is 2.23. The van der Waals surface area contributed by atoms with Crippen molar-refractivity contribution in [3.63, 3.8) is 0 Å². The third-order valence-electron chi connectivity index (χ3n) is 5.95. The summed E-state index contributed by atoms with van der Waals surface area (Å²) in [6.07, 6.45) is 0.600. The molecule has 1 unspecified atom stereocenters. The van der Waals surface area contributed by atoms with Gasteiger partial charge < -0.3 is 14.4 Å². The lowest BCUT2D eigenvalue weighted by Gasteiger charge is -2.24. The third-order valence-corrected chi connectivity index (χ3v) is 5.95. The van der Waals surface area contributed by atoms with E-state index in [1.54, 1.807) is 16.6 Å². The van der Waals surface area contributed by atoms with Crippen LogP contribution >= 0.6 is 0 Å². The van der Waals surface area contributed by atoms with Crippen LogP contribution in [0, 0.1) is 6.92 Å². The number of benzene rings is 2. The molecule has 3 rings (SSSR count). The van der Waals surface area contributed by atoms with Gasteiger partial charge in [-0.3, -0.25) is 4.79 Å². The molecule has 0 aliphatic rings. The minimum absolute atomic E-state index is 0.168. The Morgan fingerprint density at radius 2 is 1.80 bits per heavy atom. The first-order chi connectivity index (χ1) is 16.5. The smallest absolute Gasteiger partial charge is 0.410 e. The molecule has 0 fully saturated rings. The number of aryl methyl sites for hydroxylation is 2. The number of esters is 1. The van der Waals surface area contributed by atoms with Crippen molar-refractivity contribution in [2.24, 2.45) is 7.05 Å². The van der Waals surface area contributed by atoms with E-state index >= 15 is 0 Å². The van der Waals surface area contributed by atoms with Gasteiger partial charge in [0.2, 0.25) is 0 Å². The number of carbonyl (C=O) groups is 2. The average Bonchev–Trinajstić information content (AvgIpc) is 3.17. The van der Waals surface area contributed by atoms with Gasteiger partial charge in [0, 0.05) is 26.6 Å². The average molecular weight is 481 g/mol. The zero-order valence-corrected chi connectivity index (χ0v) is 21.8. The monoisotopic (exact) mass is 480 g/mol. The molecule has 0 N–H and O–H groups in total. The van der Waals surface area contributed by atoms with E-state index in [4.69, 9.17) is 9.47 Å². The molecule has 1 aromatic heterocycles. The first-order valence-electron chi connectivity index (χ1n) is 12.0.